The third-order valence-electron chi connectivity index (χ3n) is 2.39. The minimum Gasteiger partial charge on any atom is -0.320 e. The number of halogens is 2. The fraction of sp³-hybridized carbons (Fsp3) is 0.182. The molecule has 19 heavy (non-hydrogen) atoms. The summed E-state index contributed by atoms with van der Waals surface area (Å²) in [5, 5.41) is 2.88. The molecule has 0 aliphatic rings. The molecule has 2 rings (SSSR count). The molecule has 0 bridgehead atoms. The topological polar surface area (TPSA) is 64.0 Å². The van der Waals surface area contributed by atoms with E-state index in [1.165, 1.54) is 16.7 Å². The number of carbonyl (C=O) groups excluding carboxylic acids is 1. The standard InChI is InChI=1S/C11H9Cl2N3O2S/c1-2-16-5-6(3-4-7(16)17)14-11(18)9-8(12)10(13)15-19-9/h3-5H,2H2,1H3,(H,14,18). The zero-order valence-corrected chi connectivity index (χ0v) is 12.1. The predicted molar refractivity (Wildman–Crippen MR) is 76.5 cm³/mol. The lowest BCUT2D eigenvalue weighted by Crippen LogP contribution is -2.19. The van der Waals surface area contributed by atoms with Crippen LogP contribution in [-0.4, -0.2) is 14.8 Å². The highest BCUT2D eigenvalue weighted by Crippen LogP contribution is 2.28. The lowest BCUT2D eigenvalue weighted by Gasteiger charge is -2.06. The minimum absolute atomic E-state index is 0.107. The molecule has 5 nitrogen and oxygen atoms in total. The van der Waals surface area contributed by atoms with Crippen molar-refractivity contribution < 1.29 is 4.79 Å². The van der Waals surface area contributed by atoms with E-state index in [1.807, 2.05) is 6.92 Å². The van der Waals surface area contributed by atoms with Crippen LogP contribution in [0.3, 0.4) is 0 Å². The van der Waals surface area contributed by atoms with Crippen LogP contribution in [0.5, 0.6) is 0 Å². The van der Waals surface area contributed by atoms with Crippen LogP contribution in [0, 0.1) is 0 Å². The van der Waals surface area contributed by atoms with Crippen molar-refractivity contribution in [3.05, 3.63) is 43.7 Å². The molecule has 0 aromatic carbocycles. The maximum Gasteiger partial charge on any atom is 0.269 e. The molecule has 1 amide bonds. The summed E-state index contributed by atoms with van der Waals surface area (Å²) < 4.78 is 5.27. The Morgan fingerprint density at radius 1 is 1.47 bits per heavy atom. The van der Waals surface area contributed by atoms with Gasteiger partial charge in [0, 0.05) is 18.8 Å². The van der Waals surface area contributed by atoms with Crippen molar-refractivity contribution >= 4 is 46.3 Å². The first-order valence-electron chi connectivity index (χ1n) is 5.35. The Morgan fingerprint density at radius 2 is 2.21 bits per heavy atom. The molecule has 0 aliphatic carbocycles. The van der Waals surface area contributed by atoms with Crippen LogP contribution in [0.2, 0.25) is 10.2 Å². The van der Waals surface area contributed by atoms with E-state index in [4.69, 9.17) is 23.2 Å². The number of nitrogens with zero attached hydrogens (tertiary/aromatic N) is 2. The molecule has 2 aromatic heterocycles. The molecule has 0 saturated heterocycles. The number of rotatable bonds is 3. The smallest absolute Gasteiger partial charge is 0.269 e. The molecule has 0 aliphatic heterocycles. The van der Waals surface area contributed by atoms with Gasteiger partial charge in [0.05, 0.1) is 5.69 Å². The molecule has 0 radical (unpaired) electrons. The van der Waals surface area contributed by atoms with Crippen molar-refractivity contribution in [3.63, 3.8) is 0 Å². The number of aryl methyl sites for hydroxylation is 1. The van der Waals surface area contributed by atoms with Crippen LogP contribution < -0.4 is 10.9 Å². The summed E-state index contributed by atoms with van der Waals surface area (Å²) >= 11 is 12.5. The molecule has 8 heteroatoms. The van der Waals surface area contributed by atoms with Gasteiger partial charge in [-0.1, -0.05) is 23.2 Å². The first-order valence-corrected chi connectivity index (χ1v) is 6.88. The Balaban J connectivity index is 2.24. The third kappa shape index (κ3) is 2.97. The summed E-state index contributed by atoms with van der Waals surface area (Å²) in [5.41, 5.74) is 0.381. The van der Waals surface area contributed by atoms with Gasteiger partial charge in [0.15, 0.2) is 5.15 Å². The molecule has 2 aromatic rings. The van der Waals surface area contributed by atoms with Gasteiger partial charge in [-0.15, -0.1) is 0 Å². The van der Waals surface area contributed by atoms with Gasteiger partial charge in [0.2, 0.25) is 0 Å². The fourth-order valence-electron chi connectivity index (χ4n) is 1.44. The maximum absolute atomic E-state index is 12.0. The molecule has 1 N–H and O–H groups in total. The summed E-state index contributed by atoms with van der Waals surface area (Å²) in [7, 11) is 0. The van der Waals surface area contributed by atoms with Gasteiger partial charge in [-0.25, -0.2) is 0 Å². The minimum atomic E-state index is -0.407. The van der Waals surface area contributed by atoms with E-state index in [2.05, 4.69) is 9.69 Å². The first kappa shape index (κ1) is 14.0. The fourth-order valence-corrected chi connectivity index (χ4v) is 2.55. The van der Waals surface area contributed by atoms with E-state index < -0.39 is 5.91 Å². The van der Waals surface area contributed by atoms with Gasteiger partial charge in [-0.05, 0) is 24.5 Å². The average Bonchev–Trinajstić information content (AvgIpc) is 2.72. The van der Waals surface area contributed by atoms with Crippen LogP contribution in [0.25, 0.3) is 0 Å². The van der Waals surface area contributed by atoms with Gasteiger partial charge < -0.3 is 9.88 Å². The monoisotopic (exact) mass is 317 g/mol. The van der Waals surface area contributed by atoms with Crippen molar-refractivity contribution in [1.82, 2.24) is 8.94 Å². The van der Waals surface area contributed by atoms with Crippen molar-refractivity contribution in [2.75, 3.05) is 5.32 Å². The summed E-state index contributed by atoms with van der Waals surface area (Å²) in [6.07, 6.45) is 1.57. The summed E-state index contributed by atoms with van der Waals surface area (Å²) in [6, 6.07) is 2.92. The number of carbonyl (C=O) groups is 1. The molecular weight excluding hydrogens is 309 g/mol. The van der Waals surface area contributed by atoms with E-state index in [0.29, 0.717) is 12.2 Å². The van der Waals surface area contributed by atoms with Gasteiger partial charge in [0.25, 0.3) is 11.5 Å². The van der Waals surface area contributed by atoms with Gasteiger partial charge in [0.1, 0.15) is 9.90 Å². The largest absolute Gasteiger partial charge is 0.320 e. The highest BCUT2D eigenvalue weighted by Gasteiger charge is 2.17. The van der Waals surface area contributed by atoms with Crippen LogP contribution in [-0.2, 0) is 6.54 Å². The number of nitrogens with one attached hydrogen (secondary N) is 1. The number of pyridine rings is 1. The van der Waals surface area contributed by atoms with Gasteiger partial charge in [-0.2, -0.15) is 4.37 Å². The number of hydrogen-bond donors (Lipinski definition) is 1. The van der Waals surface area contributed by atoms with Crippen LogP contribution >= 0.6 is 34.7 Å². The maximum atomic E-state index is 12.0. The van der Waals surface area contributed by atoms with Crippen molar-refractivity contribution in [2.24, 2.45) is 0 Å². The number of hydrogen-bond acceptors (Lipinski definition) is 4. The number of aromatic nitrogens is 2. The van der Waals surface area contributed by atoms with E-state index in [0.717, 1.165) is 11.5 Å². The highest BCUT2D eigenvalue weighted by molar-refractivity contribution is 7.09. The zero-order valence-electron chi connectivity index (χ0n) is 9.81. The Bertz CT molecular complexity index is 681. The van der Waals surface area contributed by atoms with Crippen LogP contribution in [0.15, 0.2) is 23.1 Å². The molecule has 0 atom stereocenters. The molecule has 0 saturated carbocycles. The first-order chi connectivity index (χ1) is 9.02. The number of amides is 1. The second-order valence-corrected chi connectivity index (χ2v) is 5.12. The highest BCUT2D eigenvalue weighted by atomic mass is 35.5. The lowest BCUT2D eigenvalue weighted by atomic mass is 10.3. The Kier molecular flexibility index (Phi) is 4.24. The molecule has 0 unspecified atom stereocenters. The Morgan fingerprint density at radius 3 is 2.79 bits per heavy atom. The van der Waals surface area contributed by atoms with Crippen molar-refractivity contribution in [1.29, 1.82) is 0 Å². The van der Waals surface area contributed by atoms with Crippen LogP contribution in [0.1, 0.15) is 16.6 Å². The van der Waals surface area contributed by atoms with Crippen molar-refractivity contribution in [2.45, 2.75) is 13.5 Å². The van der Waals surface area contributed by atoms with E-state index in [-0.39, 0.29) is 20.6 Å². The summed E-state index contributed by atoms with van der Waals surface area (Å²) in [4.78, 5) is 23.6. The number of anilines is 1. The van der Waals surface area contributed by atoms with E-state index in [9.17, 15) is 9.59 Å². The average molecular weight is 318 g/mol. The van der Waals surface area contributed by atoms with Crippen LogP contribution in [0.4, 0.5) is 5.69 Å². The molecule has 0 fully saturated rings. The quantitative estimate of drug-likeness (QED) is 0.946. The van der Waals surface area contributed by atoms with E-state index >= 15 is 0 Å². The van der Waals surface area contributed by atoms with E-state index in [1.54, 1.807) is 6.20 Å². The molecule has 0 spiro atoms. The zero-order chi connectivity index (χ0) is 14.0. The van der Waals surface area contributed by atoms with Gasteiger partial charge in [-0.3, -0.25) is 9.59 Å². The molecule has 100 valence electrons. The Hall–Kier alpha value is -1.37. The second kappa shape index (κ2) is 5.73. The molecule has 2 heterocycles. The van der Waals surface area contributed by atoms with Crippen molar-refractivity contribution in [3.8, 4) is 0 Å². The summed E-state index contributed by atoms with van der Waals surface area (Å²) in [6.45, 7) is 2.36. The second-order valence-electron chi connectivity index (χ2n) is 3.61. The normalized spacial score (nSPS) is 10.5. The SMILES string of the molecule is CCn1cc(NC(=O)c2snc(Cl)c2Cl)ccc1=O. The lowest BCUT2D eigenvalue weighted by molar-refractivity contribution is 0.103. The summed E-state index contributed by atoms with van der Waals surface area (Å²) in [5.74, 6) is -0.407. The Labute approximate surface area is 122 Å². The molecular formula is C11H9Cl2N3O2S. The predicted octanol–water partition coefficient (Wildman–Crippen LogP) is 2.88. The van der Waals surface area contributed by atoms with Gasteiger partial charge >= 0.3 is 0 Å². The third-order valence-corrected chi connectivity index (χ3v) is 4.18.